The number of nitrogens with one attached hydrogen (secondary N) is 3. The molecule has 0 spiro atoms. The van der Waals surface area contributed by atoms with Gasteiger partial charge in [0, 0.05) is 23.7 Å². The zero-order valence-electron chi connectivity index (χ0n) is 25.8. The van der Waals surface area contributed by atoms with Crippen molar-refractivity contribution in [3.8, 4) is 0 Å². The van der Waals surface area contributed by atoms with E-state index in [4.69, 9.17) is 0 Å². The molecule has 0 fully saturated rings. The van der Waals surface area contributed by atoms with Gasteiger partial charge >= 0.3 is 0 Å². The lowest BCUT2D eigenvalue weighted by atomic mass is 9.92. The Bertz CT molecular complexity index is 1300. The van der Waals surface area contributed by atoms with Crippen LogP contribution in [0.15, 0.2) is 85.2 Å². The molecule has 0 bridgehead atoms. The van der Waals surface area contributed by atoms with Gasteiger partial charge < -0.3 is 26.2 Å². The summed E-state index contributed by atoms with van der Waals surface area (Å²) in [5, 5.41) is 31.7. The van der Waals surface area contributed by atoms with E-state index in [9.17, 15) is 24.6 Å². The number of benzene rings is 2. The van der Waals surface area contributed by atoms with E-state index in [0.717, 1.165) is 24.2 Å². The number of carbonyl (C=O) groups is 3. The number of nitrogens with zero attached hydrogens (tertiary/aromatic N) is 1. The minimum absolute atomic E-state index is 0.221. The van der Waals surface area contributed by atoms with Crippen LogP contribution in [0.25, 0.3) is 0 Å². The third-order valence-electron chi connectivity index (χ3n) is 7.26. The van der Waals surface area contributed by atoms with Crippen LogP contribution >= 0.6 is 23.5 Å². The van der Waals surface area contributed by atoms with Crippen LogP contribution in [0, 0.1) is 0 Å². The van der Waals surface area contributed by atoms with Crippen molar-refractivity contribution >= 4 is 41.2 Å². The lowest BCUT2D eigenvalue weighted by Gasteiger charge is -2.33. The predicted molar refractivity (Wildman–Crippen MR) is 183 cm³/mol. The van der Waals surface area contributed by atoms with Gasteiger partial charge in [0.15, 0.2) is 0 Å². The van der Waals surface area contributed by atoms with Crippen molar-refractivity contribution in [3.05, 3.63) is 102 Å². The molecule has 0 aliphatic carbocycles. The zero-order chi connectivity index (χ0) is 32.4. The van der Waals surface area contributed by atoms with E-state index in [-0.39, 0.29) is 12.3 Å². The molecule has 0 aliphatic rings. The van der Waals surface area contributed by atoms with Gasteiger partial charge in [-0.15, -0.1) is 0 Å². The van der Waals surface area contributed by atoms with E-state index >= 15 is 0 Å². The molecule has 1 aromatic heterocycles. The maximum absolute atomic E-state index is 13.8. The van der Waals surface area contributed by atoms with Gasteiger partial charge in [0.25, 0.3) is 11.8 Å². The van der Waals surface area contributed by atoms with Gasteiger partial charge in [0.05, 0.1) is 17.6 Å². The monoisotopic (exact) mass is 652 g/mol. The highest BCUT2D eigenvalue weighted by atomic mass is 32.2. The smallest absolute Gasteiger partial charge is 0.253 e. The summed E-state index contributed by atoms with van der Waals surface area (Å²) in [6.45, 7) is 2.09. The lowest BCUT2D eigenvalue weighted by molar-refractivity contribution is -0.125. The zero-order valence-corrected chi connectivity index (χ0v) is 27.4. The first kappa shape index (κ1) is 36.1. The van der Waals surface area contributed by atoms with Crippen LogP contribution in [0.4, 0.5) is 0 Å². The molecule has 3 amide bonds. The molecule has 5 unspecified atom stereocenters. The summed E-state index contributed by atoms with van der Waals surface area (Å²) < 4.78 is 0. The van der Waals surface area contributed by atoms with Crippen LogP contribution in [0.3, 0.4) is 0 Å². The van der Waals surface area contributed by atoms with Crippen LogP contribution in [-0.4, -0.2) is 86.8 Å². The highest BCUT2D eigenvalue weighted by Gasteiger charge is 2.35. The largest absolute Gasteiger partial charge is 0.388 e. The molecule has 3 aromatic rings. The first-order valence-electron chi connectivity index (χ1n) is 15.2. The number of thioether (sulfide) groups is 2. The number of amides is 3. The van der Waals surface area contributed by atoms with Crippen molar-refractivity contribution in [2.75, 3.05) is 23.5 Å². The Labute approximate surface area is 274 Å². The number of carbonyl (C=O) groups excluding carboxylic acids is 3. The van der Waals surface area contributed by atoms with Gasteiger partial charge in [-0.05, 0) is 66.9 Å². The molecule has 5 N–H and O–H groups in total. The lowest BCUT2D eigenvalue weighted by Crippen LogP contribution is -2.59. The third-order valence-corrected chi connectivity index (χ3v) is 9.05. The van der Waals surface area contributed by atoms with Crippen LogP contribution in [0.2, 0.25) is 0 Å². The number of rotatable bonds is 19. The number of aliphatic hydroxyl groups is 2. The van der Waals surface area contributed by atoms with Crippen molar-refractivity contribution < 1.29 is 24.6 Å². The Hall–Kier alpha value is -3.38. The molecule has 9 nitrogen and oxygen atoms in total. The summed E-state index contributed by atoms with van der Waals surface area (Å²) in [6, 6.07) is 18.7. The molecule has 0 aliphatic heterocycles. The molecule has 2 aromatic carbocycles. The van der Waals surface area contributed by atoms with Crippen LogP contribution in [-0.2, 0) is 11.2 Å². The molecular formula is C34H44N4O5S2. The predicted octanol–water partition coefficient (Wildman–Crippen LogP) is 3.71. The first-order chi connectivity index (χ1) is 21.8. The van der Waals surface area contributed by atoms with Crippen LogP contribution in [0.1, 0.15) is 52.5 Å². The Morgan fingerprint density at radius 2 is 1.44 bits per heavy atom. The maximum atomic E-state index is 13.8. The van der Waals surface area contributed by atoms with Gasteiger partial charge in [0.2, 0.25) is 5.91 Å². The van der Waals surface area contributed by atoms with Gasteiger partial charge in [-0.1, -0.05) is 61.9 Å². The van der Waals surface area contributed by atoms with Crippen molar-refractivity contribution in [1.29, 1.82) is 0 Å². The maximum Gasteiger partial charge on any atom is 0.253 e. The summed E-state index contributed by atoms with van der Waals surface area (Å²) in [5.41, 5.74) is 1.61. The first-order valence-corrected chi connectivity index (χ1v) is 17.7. The topological polar surface area (TPSA) is 141 Å². The van der Waals surface area contributed by atoms with Gasteiger partial charge in [-0.3, -0.25) is 19.4 Å². The fourth-order valence-corrected chi connectivity index (χ4v) is 6.29. The molecule has 0 radical (unpaired) electrons. The second kappa shape index (κ2) is 19.9. The quantitative estimate of drug-likeness (QED) is 0.124. The standard InChI is InChI=1S/C34H44N4O5S2/c1-3-4-19-45-23-29(38-33(42)26-16-11-18-35-22-26)34(43)37-28(21-24-12-7-5-8-13-24)31(40)30(39)27(17-20-44-2)36-32(41)25-14-9-6-10-15-25/h5-16,18,22,27-31,39-40H,3-4,17,19-21,23H2,1-2H3,(H,36,41)(H,37,43)(H,38,42). The van der Waals surface area contributed by atoms with Crippen molar-refractivity contribution in [2.45, 2.75) is 62.9 Å². The van der Waals surface area contributed by atoms with Crippen molar-refractivity contribution in [2.24, 2.45) is 0 Å². The van der Waals surface area contributed by atoms with E-state index in [0.29, 0.717) is 29.1 Å². The number of unbranched alkanes of at least 4 members (excludes halogenated alkanes) is 1. The van der Waals surface area contributed by atoms with Crippen LogP contribution < -0.4 is 16.0 Å². The Kier molecular flexibility index (Phi) is 16.0. The van der Waals surface area contributed by atoms with Crippen molar-refractivity contribution in [1.82, 2.24) is 20.9 Å². The van der Waals surface area contributed by atoms with Gasteiger partial charge in [0.1, 0.15) is 18.2 Å². The Morgan fingerprint density at radius 3 is 2.09 bits per heavy atom. The summed E-state index contributed by atoms with van der Waals surface area (Å²) >= 11 is 3.12. The normalized spacial score (nSPS) is 14.4. The van der Waals surface area contributed by atoms with E-state index in [1.54, 1.807) is 66.1 Å². The number of aliphatic hydroxyl groups excluding tert-OH is 2. The molecule has 11 heteroatoms. The third kappa shape index (κ3) is 12.1. The molecule has 0 saturated heterocycles. The summed E-state index contributed by atoms with van der Waals surface area (Å²) in [7, 11) is 0. The van der Waals surface area contributed by atoms with Gasteiger partial charge in [-0.25, -0.2) is 0 Å². The minimum atomic E-state index is -1.43. The molecule has 1 heterocycles. The highest BCUT2D eigenvalue weighted by molar-refractivity contribution is 7.99. The second-order valence-electron chi connectivity index (χ2n) is 10.7. The average molecular weight is 653 g/mol. The van der Waals surface area contributed by atoms with E-state index in [2.05, 4.69) is 27.9 Å². The fourth-order valence-electron chi connectivity index (χ4n) is 4.67. The molecular weight excluding hydrogens is 609 g/mol. The summed E-state index contributed by atoms with van der Waals surface area (Å²) in [5.74, 6) is 0.529. The fraction of sp³-hybridized carbons (Fsp3) is 0.412. The molecule has 0 saturated carbocycles. The van der Waals surface area contributed by atoms with Gasteiger partial charge in [-0.2, -0.15) is 23.5 Å². The SMILES string of the molecule is CCCCSCC(NC(=O)c1cccnc1)C(=O)NC(Cc1ccccc1)C(O)C(O)C(CCSC)NC(=O)c1ccccc1. The Morgan fingerprint density at radius 1 is 0.800 bits per heavy atom. The number of pyridine rings is 1. The summed E-state index contributed by atoms with van der Waals surface area (Å²) in [6.07, 6.45) is 4.72. The van der Waals surface area contributed by atoms with Crippen LogP contribution in [0.5, 0.6) is 0 Å². The summed E-state index contributed by atoms with van der Waals surface area (Å²) in [4.78, 5) is 43.8. The number of hydrogen-bond donors (Lipinski definition) is 5. The molecule has 45 heavy (non-hydrogen) atoms. The molecule has 5 atom stereocenters. The second-order valence-corrected chi connectivity index (χ2v) is 12.8. The molecule has 242 valence electrons. The van der Waals surface area contributed by atoms with E-state index in [1.807, 2.05) is 42.7 Å². The average Bonchev–Trinajstić information content (AvgIpc) is 3.08. The Balaban J connectivity index is 1.83. The minimum Gasteiger partial charge on any atom is -0.388 e. The highest BCUT2D eigenvalue weighted by Crippen LogP contribution is 2.16. The van der Waals surface area contributed by atoms with E-state index in [1.165, 1.54) is 6.20 Å². The molecule has 3 rings (SSSR count). The van der Waals surface area contributed by atoms with Crippen molar-refractivity contribution in [3.63, 3.8) is 0 Å². The number of aromatic nitrogens is 1. The number of hydrogen-bond acceptors (Lipinski definition) is 8. The van der Waals surface area contributed by atoms with E-state index < -0.39 is 42.1 Å².